The highest BCUT2D eigenvalue weighted by Gasteiger charge is 2.23. The zero-order valence-corrected chi connectivity index (χ0v) is 18.1. The van der Waals surface area contributed by atoms with E-state index in [1.54, 1.807) is 68.5 Å². The molecule has 158 valence electrons. The van der Waals surface area contributed by atoms with Gasteiger partial charge in [0.05, 0.1) is 23.9 Å². The number of hydrogen-bond donors (Lipinski definition) is 0. The van der Waals surface area contributed by atoms with E-state index in [0.29, 0.717) is 23.5 Å². The van der Waals surface area contributed by atoms with Gasteiger partial charge >= 0.3 is 0 Å². The van der Waals surface area contributed by atoms with Crippen molar-refractivity contribution in [2.45, 2.75) is 11.4 Å². The van der Waals surface area contributed by atoms with Crippen LogP contribution in [0, 0.1) is 0 Å². The quantitative estimate of drug-likeness (QED) is 0.577. The molecule has 1 heterocycles. The molecule has 0 radical (unpaired) electrons. The van der Waals surface area contributed by atoms with Crippen LogP contribution in [0.15, 0.2) is 65.8 Å². The van der Waals surface area contributed by atoms with Gasteiger partial charge in [0.2, 0.25) is 0 Å². The average molecular weight is 429 g/mol. The number of carbonyl (C=O) groups is 1. The minimum Gasteiger partial charge on any atom is -0.497 e. The number of aryl methyl sites for hydroxylation is 1. The number of anilines is 1. The molecule has 0 N–H and O–H groups in total. The minimum atomic E-state index is -3.84. The normalized spacial score (nSPS) is 11.2. The molecular formula is C21H24N4O4S. The Bertz CT molecular complexity index is 1140. The largest absolute Gasteiger partial charge is 0.497 e. The van der Waals surface area contributed by atoms with E-state index in [1.165, 1.54) is 28.4 Å². The van der Waals surface area contributed by atoms with Crippen LogP contribution in [0.3, 0.4) is 0 Å². The maximum Gasteiger partial charge on any atom is 0.264 e. The van der Waals surface area contributed by atoms with Crippen LogP contribution in [-0.4, -0.2) is 50.2 Å². The van der Waals surface area contributed by atoms with Crippen LogP contribution >= 0.6 is 0 Å². The van der Waals surface area contributed by atoms with E-state index >= 15 is 0 Å². The number of carbonyl (C=O) groups excluding carboxylic acids is 1. The van der Waals surface area contributed by atoms with Crippen LogP contribution in [0.25, 0.3) is 0 Å². The molecule has 8 nitrogen and oxygen atoms in total. The number of methoxy groups -OCH3 is 1. The fourth-order valence-electron chi connectivity index (χ4n) is 3.00. The number of nitrogens with zero attached hydrogens (tertiary/aromatic N) is 4. The molecule has 0 saturated heterocycles. The molecule has 1 aromatic heterocycles. The van der Waals surface area contributed by atoms with Crippen LogP contribution in [0.5, 0.6) is 5.75 Å². The summed E-state index contributed by atoms with van der Waals surface area (Å²) in [5.41, 5.74) is 1.67. The molecule has 0 aliphatic heterocycles. The van der Waals surface area contributed by atoms with Gasteiger partial charge in [-0.3, -0.25) is 13.8 Å². The van der Waals surface area contributed by atoms with E-state index in [9.17, 15) is 13.2 Å². The second kappa shape index (κ2) is 8.58. The van der Waals surface area contributed by atoms with Gasteiger partial charge in [0, 0.05) is 45.0 Å². The van der Waals surface area contributed by atoms with Gasteiger partial charge in [-0.25, -0.2) is 8.42 Å². The summed E-state index contributed by atoms with van der Waals surface area (Å²) in [5, 5.41) is 4.09. The Labute approximate surface area is 176 Å². The number of ether oxygens (including phenoxy) is 1. The summed E-state index contributed by atoms with van der Waals surface area (Å²) < 4.78 is 34.1. The van der Waals surface area contributed by atoms with Gasteiger partial charge < -0.3 is 9.64 Å². The standard InChI is InChI=1S/C21H24N4O4S/c1-23(14-16-13-22-24(2)15-16)21(26)17-6-5-7-20(12-17)30(27,28)25(3)18-8-10-19(29-4)11-9-18/h5-13,15H,14H2,1-4H3. The third kappa shape index (κ3) is 4.46. The lowest BCUT2D eigenvalue weighted by molar-refractivity contribution is 0.0785. The minimum absolute atomic E-state index is 0.0430. The number of rotatable bonds is 7. The maximum absolute atomic E-state index is 13.1. The summed E-state index contributed by atoms with van der Waals surface area (Å²) in [6.07, 6.45) is 3.52. The summed E-state index contributed by atoms with van der Waals surface area (Å²) in [6.45, 7) is 0.370. The first-order valence-corrected chi connectivity index (χ1v) is 10.6. The molecule has 9 heteroatoms. The van der Waals surface area contributed by atoms with Crippen molar-refractivity contribution < 1.29 is 17.9 Å². The van der Waals surface area contributed by atoms with E-state index in [1.807, 2.05) is 6.20 Å². The van der Waals surface area contributed by atoms with Crippen LogP contribution in [0.2, 0.25) is 0 Å². The van der Waals surface area contributed by atoms with Crippen molar-refractivity contribution in [1.29, 1.82) is 0 Å². The molecule has 0 unspecified atom stereocenters. The van der Waals surface area contributed by atoms with Crippen molar-refractivity contribution in [3.63, 3.8) is 0 Å². The van der Waals surface area contributed by atoms with Gasteiger partial charge in [0.1, 0.15) is 5.75 Å². The first-order chi connectivity index (χ1) is 14.2. The zero-order valence-electron chi connectivity index (χ0n) is 17.3. The molecule has 0 aliphatic rings. The summed E-state index contributed by atoms with van der Waals surface area (Å²) in [7, 11) is 2.65. The maximum atomic E-state index is 13.1. The van der Waals surface area contributed by atoms with E-state index in [2.05, 4.69) is 5.10 Å². The third-order valence-corrected chi connectivity index (χ3v) is 6.48. The molecular weight excluding hydrogens is 404 g/mol. The predicted octanol–water partition coefficient (Wildman–Crippen LogP) is 2.53. The lowest BCUT2D eigenvalue weighted by atomic mass is 10.2. The second-order valence-corrected chi connectivity index (χ2v) is 8.85. The Hall–Kier alpha value is -3.33. The second-order valence-electron chi connectivity index (χ2n) is 6.88. The lowest BCUT2D eigenvalue weighted by Gasteiger charge is -2.21. The van der Waals surface area contributed by atoms with Crippen molar-refractivity contribution in [2.24, 2.45) is 7.05 Å². The molecule has 0 spiro atoms. The Kier molecular flexibility index (Phi) is 6.12. The molecule has 3 rings (SSSR count). The molecule has 1 amide bonds. The van der Waals surface area contributed by atoms with Gasteiger partial charge in [-0.2, -0.15) is 5.10 Å². The Balaban J connectivity index is 1.82. The highest BCUT2D eigenvalue weighted by atomic mass is 32.2. The smallest absolute Gasteiger partial charge is 0.264 e. The first kappa shape index (κ1) is 21.4. The number of hydrogen-bond acceptors (Lipinski definition) is 5. The van der Waals surface area contributed by atoms with E-state index < -0.39 is 10.0 Å². The van der Waals surface area contributed by atoms with Crippen LogP contribution in [0.1, 0.15) is 15.9 Å². The number of aromatic nitrogens is 2. The van der Waals surface area contributed by atoms with Crippen LogP contribution in [-0.2, 0) is 23.6 Å². The molecule has 0 atom stereocenters. The zero-order chi connectivity index (χ0) is 21.9. The summed E-state index contributed by atoms with van der Waals surface area (Å²) in [4.78, 5) is 14.4. The van der Waals surface area contributed by atoms with E-state index in [0.717, 1.165) is 5.56 Å². The Morgan fingerprint density at radius 1 is 1.13 bits per heavy atom. The molecule has 0 saturated carbocycles. The first-order valence-electron chi connectivity index (χ1n) is 9.18. The number of benzene rings is 2. The molecule has 3 aromatic rings. The van der Waals surface area contributed by atoms with Crippen molar-refractivity contribution in [1.82, 2.24) is 14.7 Å². The molecule has 0 aliphatic carbocycles. The van der Waals surface area contributed by atoms with E-state index in [4.69, 9.17) is 4.74 Å². The van der Waals surface area contributed by atoms with Gasteiger partial charge in [-0.05, 0) is 42.5 Å². The fraction of sp³-hybridized carbons (Fsp3) is 0.238. The van der Waals surface area contributed by atoms with Crippen molar-refractivity contribution in [2.75, 3.05) is 25.5 Å². The van der Waals surface area contributed by atoms with Crippen LogP contribution < -0.4 is 9.04 Å². The fourth-order valence-corrected chi connectivity index (χ4v) is 4.24. The molecule has 2 aromatic carbocycles. The third-order valence-electron chi connectivity index (χ3n) is 4.70. The number of amides is 1. The van der Waals surface area contributed by atoms with Crippen molar-refractivity contribution in [3.05, 3.63) is 72.1 Å². The summed E-state index contributed by atoms with van der Waals surface area (Å²) >= 11 is 0. The molecule has 0 fully saturated rings. The summed E-state index contributed by atoms with van der Waals surface area (Å²) in [6, 6.07) is 12.8. The summed E-state index contributed by atoms with van der Waals surface area (Å²) in [5.74, 6) is 0.358. The highest BCUT2D eigenvalue weighted by molar-refractivity contribution is 7.92. The van der Waals surface area contributed by atoms with Gasteiger partial charge in [-0.15, -0.1) is 0 Å². The monoisotopic (exact) mass is 428 g/mol. The Morgan fingerprint density at radius 2 is 1.83 bits per heavy atom. The van der Waals surface area contributed by atoms with Crippen molar-refractivity contribution in [3.8, 4) is 5.75 Å². The average Bonchev–Trinajstić information content (AvgIpc) is 3.17. The molecule has 0 bridgehead atoms. The lowest BCUT2D eigenvalue weighted by Crippen LogP contribution is -2.28. The highest BCUT2D eigenvalue weighted by Crippen LogP contribution is 2.25. The SMILES string of the molecule is COc1ccc(N(C)S(=O)(=O)c2cccc(C(=O)N(C)Cc3cnn(C)c3)c2)cc1. The van der Waals surface area contributed by atoms with Gasteiger partial charge in [0.15, 0.2) is 0 Å². The number of sulfonamides is 1. The van der Waals surface area contributed by atoms with Gasteiger partial charge in [-0.1, -0.05) is 6.07 Å². The Morgan fingerprint density at radius 3 is 2.43 bits per heavy atom. The van der Waals surface area contributed by atoms with Gasteiger partial charge in [0.25, 0.3) is 15.9 Å². The predicted molar refractivity (Wildman–Crippen MR) is 114 cm³/mol. The molecule has 30 heavy (non-hydrogen) atoms. The topological polar surface area (TPSA) is 84.7 Å². The van der Waals surface area contributed by atoms with Crippen molar-refractivity contribution >= 4 is 21.6 Å². The van der Waals surface area contributed by atoms with E-state index in [-0.39, 0.29) is 10.8 Å². The van der Waals surface area contributed by atoms with Crippen LogP contribution in [0.4, 0.5) is 5.69 Å².